The van der Waals surface area contributed by atoms with Crippen molar-refractivity contribution in [1.82, 2.24) is 9.62 Å². The minimum Gasteiger partial charge on any atom is -0.598 e. The van der Waals surface area contributed by atoms with Crippen LogP contribution in [0.2, 0.25) is 0 Å². The number of hydrogen-bond donors (Lipinski definition) is 1. The molecule has 3 heterocycles. The maximum absolute atomic E-state index is 13.5. The SMILES string of the molecule is CCC(N[S+]([O-])C(C)(C)C)(C(=O)O[C@H]1CN2CCC1CC2)c1ccccc1. The molecule has 0 spiro atoms. The molecule has 0 aliphatic carbocycles. The van der Waals surface area contributed by atoms with E-state index in [0.717, 1.165) is 38.0 Å². The number of rotatable bonds is 6. The summed E-state index contributed by atoms with van der Waals surface area (Å²) in [5.74, 6) is 0.130. The van der Waals surface area contributed by atoms with Crippen LogP contribution in [0.4, 0.5) is 0 Å². The Hall–Kier alpha value is -1.08. The Morgan fingerprint density at radius 2 is 1.89 bits per heavy atom. The van der Waals surface area contributed by atoms with Crippen molar-refractivity contribution in [2.45, 2.75) is 63.3 Å². The van der Waals surface area contributed by atoms with Crippen LogP contribution in [0.15, 0.2) is 30.3 Å². The minimum atomic E-state index is -1.40. The van der Waals surface area contributed by atoms with E-state index in [1.165, 1.54) is 0 Å². The first-order valence-electron chi connectivity index (χ1n) is 9.95. The van der Waals surface area contributed by atoms with Crippen LogP contribution in [0.5, 0.6) is 0 Å². The lowest BCUT2D eigenvalue weighted by atomic mass is 9.85. The third-order valence-corrected chi connectivity index (χ3v) is 7.47. The van der Waals surface area contributed by atoms with Gasteiger partial charge in [0.15, 0.2) is 5.54 Å². The molecule has 0 saturated carbocycles. The summed E-state index contributed by atoms with van der Waals surface area (Å²) in [6.45, 7) is 10.7. The molecule has 1 aromatic rings. The van der Waals surface area contributed by atoms with Gasteiger partial charge in [-0.25, -0.2) is 4.79 Å². The summed E-state index contributed by atoms with van der Waals surface area (Å²) in [6.07, 6.45) is 2.58. The molecule has 1 N–H and O–H groups in total. The number of nitrogens with zero attached hydrogens (tertiary/aromatic N) is 1. The highest BCUT2D eigenvalue weighted by atomic mass is 32.2. The predicted octanol–water partition coefficient (Wildman–Crippen LogP) is 2.98. The van der Waals surface area contributed by atoms with E-state index in [9.17, 15) is 9.35 Å². The smallest absolute Gasteiger partial charge is 0.335 e. The van der Waals surface area contributed by atoms with Gasteiger partial charge in [-0.3, -0.25) is 4.90 Å². The Balaban J connectivity index is 1.87. The van der Waals surface area contributed by atoms with Crippen molar-refractivity contribution in [3.05, 3.63) is 35.9 Å². The molecule has 0 aromatic heterocycles. The molecule has 0 radical (unpaired) electrons. The van der Waals surface area contributed by atoms with Gasteiger partial charge in [0.2, 0.25) is 0 Å². The summed E-state index contributed by atoms with van der Waals surface area (Å²) in [5.41, 5.74) is -0.304. The van der Waals surface area contributed by atoms with Crippen molar-refractivity contribution in [3.8, 4) is 0 Å². The molecule has 3 aliphatic rings. The number of nitrogens with one attached hydrogen (secondary N) is 1. The van der Waals surface area contributed by atoms with Gasteiger partial charge in [-0.1, -0.05) is 37.3 Å². The van der Waals surface area contributed by atoms with Crippen molar-refractivity contribution in [1.29, 1.82) is 0 Å². The molecule has 3 aliphatic heterocycles. The average Bonchev–Trinajstić information content (AvgIpc) is 2.66. The van der Waals surface area contributed by atoms with Crippen molar-refractivity contribution in [2.24, 2.45) is 5.92 Å². The molecule has 150 valence electrons. The Morgan fingerprint density at radius 1 is 1.26 bits per heavy atom. The van der Waals surface area contributed by atoms with Crippen LogP contribution in [0.25, 0.3) is 0 Å². The third kappa shape index (κ3) is 4.34. The van der Waals surface area contributed by atoms with Gasteiger partial charge in [0, 0.05) is 17.9 Å². The number of esters is 1. The van der Waals surface area contributed by atoms with E-state index in [1.54, 1.807) is 0 Å². The largest absolute Gasteiger partial charge is 0.598 e. The number of hydrogen-bond acceptors (Lipinski definition) is 5. The highest BCUT2D eigenvalue weighted by Crippen LogP contribution is 2.34. The van der Waals surface area contributed by atoms with E-state index in [4.69, 9.17) is 4.74 Å². The summed E-state index contributed by atoms with van der Waals surface area (Å²) < 4.78 is 21.7. The van der Waals surface area contributed by atoms with E-state index in [0.29, 0.717) is 12.3 Å². The topological polar surface area (TPSA) is 64.6 Å². The van der Waals surface area contributed by atoms with Crippen molar-refractivity contribution in [2.75, 3.05) is 19.6 Å². The van der Waals surface area contributed by atoms with Gasteiger partial charge in [0.25, 0.3) is 0 Å². The van der Waals surface area contributed by atoms with Crippen LogP contribution in [0, 0.1) is 5.92 Å². The number of benzene rings is 1. The zero-order valence-electron chi connectivity index (χ0n) is 16.9. The highest BCUT2D eigenvalue weighted by molar-refractivity contribution is 7.90. The molecule has 4 rings (SSSR count). The molecule has 5 nitrogen and oxygen atoms in total. The fourth-order valence-electron chi connectivity index (χ4n) is 3.96. The third-order valence-electron chi connectivity index (χ3n) is 5.82. The van der Waals surface area contributed by atoms with Gasteiger partial charge in [-0.15, -0.1) is 4.72 Å². The Bertz CT molecular complexity index is 641. The second-order valence-electron chi connectivity index (χ2n) is 8.69. The van der Waals surface area contributed by atoms with Crippen LogP contribution in [0.3, 0.4) is 0 Å². The Labute approximate surface area is 166 Å². The Morgan fingerprint density at radius 3 is 2.37 bits per heavy atom. The monoisotopic (exact) mass is 392 g/mol. The molecule has 3 fully saturated rings. The van der Waals surface area contributed by atoms with Gasteiger partial charge < -0.3 is 9.29 Å². The molecular formula is C21H32N2O3S. The second-order valence-corrected chi connectivity index (χ2v) is 10.7. The summed E-state index contributed by atoms with van der Waals surface area (Å²) in [5, 5.41) is 0. The number of fused-ring (bicyclic) bond motifs is 3. The predicted molar refractivity (Wildman–Crippen MR) is 108 cm³/mol. The van der Waals surface area contributed by atoms with Gasteiger partial charge in [-0.2, -0.15) is 0 Å². The van der Waals surface area contributed by atoms with Crippen molar-refractivity contribution >= 4 is 17.3 Å². The molecule has 2 unspecified atom stereocenters. The quantitative estimate of drug-likeness (QED) is 0.596. The zero-order chi connectivity index (χ0) is 19.7. The minimum absolute atomic E-state index is 0.0699. The average molecular weight is 393 g/mol. The van der Waals surface area contributed by atoms with Crippen LogP contribution in [0.1, 0.15) is 52.5 Å². The molecule has 0 amide bonds. The molecule has 6 heteroatoms. The van der Waals surface area contributed by atoms with E-state index in [2.05, 4.69) is 9.62 Å². The standard InChI is InChI=1S/C21H32N2O3S/c1-5-21(17-9-7-6-8-10-17,22-27(25)20(2,3)4)19(24)26-18-15-23-13-11-16(18)12-14-23/h6-10,16,18,22H,5,11-15H2,1-4H3/t18-,21?,27?/m0/s1. The number of ether oxygens (including phenoxy) is 1. The van der Waals surface area contributed by atoms with Crippen LogP contribution >= 0.6 is 0 Å². The molecule has 1 aromatic carbocycles. The maximum atomic E-state index is 13.5. The lowest BCUT2D eigenvalue weighted by Crippen LogP contribution is -2.58. The molecular weight excluding hydrogens is 360 g/mol. The molecule has 3 atom stereocenters. The first kappa shape index (κ1) is 20.6. The summed E-state index contributed by atoms with van der Waals surface area (Å²) in [4.78, 5) is 15.8. The fraction of sp³-hybridized carbons (Fsp3) is 0.667. The first-order valence-corrected chi connectivity index (χ1v) is 11.1. The summed E-state index contributed by atoms with van der Waals surface area (Å²) in [7, 11) is 0. The van der Waals surface area contributed by atoms with E-state index < -0.39 is 21.6 Å². The summed E-state index contributed by atoms with van der Waals surface area (Å²) in [6, 6.07) is 9.55. The van der Waals surface area contributed by atoms with E-state index in [-0.39, 0.29) is 12.1 Å². The maximum Gasteiger partial charge on any atom is 0.335 e. The van der Waals surface area contributed by atoms with E-state index in [1.807, 2.05) is 58.0 Å². The Kier molecular flexibility index (Phi) is 6.21. The number of piperidine rings is 3. The fourth-order valence-corrected chi connectivity index (χ4v) is 4.92. The normalized spacial score (nSPS) is 28.4. The number of carbonyl (C=O) groups is 1. The zero-order valence-corrected chi connectivity index (χ0v) is 17.7. The van der Waals surface area contributed by atoms with Crippen molar-refractivity contribution in [3.63, 3.8) is 0 Å². The van der Waals surface area contributed by atoms with Crippen LogP contribution in [-0.4, -0.2) is 45.9 Å². The highest BCUT2D eigenvalue weighted by Gasteiger charge is 2.48. The lowest BCUT2D eigenvalue weighted by Gasteiger charge is -2.45. The lowest BCUT2D eigenvalue weighted by molar-refractivity contribution is -0.166. The van der Waals surface area contributed by atoms with E-state index >= 15 is 0 Å². The second kappa shape index (κ2) is 8.11. The van der Waals surface area contributed by atoms with Gasteiger partial charge in [0.05, 0.1) is 0 Å². The molecule has 3 saturated heterocycles. The van der Waals surface area contributed by atoms with Crippen LogP contribution < -0.4 is 4.72 Å². The van der Waals surface area contributed by atoms with Gasteiger partial charge in [0.1, 0.15) is 10.9 Å². The van der Waals surface area contributed by atoms with Gasteiger partial charge >= 0.3 is 5.97 Å². The first-order chi connectivity index (χ1) is 12.8. The number of carbonyl (C=O) groups excluding carboxylic acids is 1. The molecule has 2 bridgehead atoms. The van der Waals surface area contributed by atoms with Gasteiger partial charge in [-0.05, 0) is 64.6 Å². The van der Waals surface area contributed by atoms with Crippen molar-refractivity contribution < 1.29 is 14.1 Å². The van der Waals surface area contributed by atoms with Crippen LogP contribution in [-0.2, 0) is 26.4 Å². The molecule has 27 heavy (non-hydrogen) atoms. The summed E-state index contributed by atoms with van der Waals surface area (Å²) >= 11 is -1.40.